The average molecular weight is 234 g/mol. The monoisotopic (exact) mass is 234 g/mol. The summed E-state index contributed by atoms with van der Waals surface area (Å²) in [5.41, 5.74) is 2.16. The number of hydrogen-bond donors (Lipinski definition) is 1. The molecule has 1 amide bonds. The molecule has 3 heteroatoms. The lowest BCUT2D eigenvalue weighted by Crippen LogP contribution is -2.32. The molecule has 0 heterocycles. The third-order valence-corrected chi connectivity index (χ3v) is 2.91. The largest absolute Gasteiger partial charge is 0.325 e. The standard InChI is InChI=1S/C14H22N2O/c1-4-12-7-9-13(10-8-12)15-14(17)11-16(5-2)6-3/h7-10H,4-6,11H2,1-3H3,(H,15,17). The van der Waals surface area contributed by atoms with Gasteiger partial charge in [0.15, 0.2) is 0 Å². The molecule has 1 rings (SSSR count). The van der Waals surface area contributed by atoms with Gasteiger partial charge in [0.05, 0.1) is 6.54 Å². The third kappa shape index (κ3) is 4.57. The van der Waals surface area contributed by atoms with Crippen molar-refractivity contribution in [3.05, 3.63) is 29.8 Å². The minimum atomic E-state index is 0.0537. The Morgan fingerprint density at radius 3 is 2.18 bits per heavy atom. The van der Waals surface area contributed by atoms with E-state index in [1.54, 1.807) is 0 Å². The zero-order valence-corrected chi connectivity index (χ0v) is 11.0. The second-order valence-electron chi connectivity index (χ2n) is 4.06. The fourth-order valence-electron chi connectivity index (χ4n) is 1.67. The van der Waals surface area contributed by atoms with Crippen molar-refractivity contribution in [1.29, 1.82) is 0 Å². The second kappa shape index (κ2) is 7.07. The summed E-state index contributed by atoms with van der Waals surface area (Å²) in [6.45, 7) is 8.51. The van der Waals surface area contributed by atoms with Crippen molar-refractivity contribution < 1.29 is 4.79 Å². The van der Waals surface area contributed by atoms with Crippen molar-refractivity contribution in [1.82, 2.24) is 4.90 Å². The Labute approximate surface area is 104 Å². The zero-order valence-electron chi connectivity index (χ0n) is 11.0. The molecular weight excluding hydrogens is 212 g/mol. The van der Waals surface area contributed by atoms with E-state index >= 15 is 0 Å². The quantitative estimate of drug-likeness (QED) is 0.820. The maximum Gasteiger partial charge on any atom is 0.238 e. The number of amides is 1. The number of benzene rings is 1. The first-order valence-corrected chi connectivity index (χ1v) is 6.30. The summed E-state index contributed by atoms with van der Waals surface area (Å²) in [5.74, 6) is 0.0537. The first-order chi connectivity index (χ1) is 8.19. The van der Waals surface area contributed by atoms with Gasteiger partial charge in [0.25, 0.3) is 0 Å². The molecule has 0 fully saturated rings. The Balaban J connectivity index is 2.49. The molecule has 1 aromatic carbocycles. The summed E-state index contributed by atoms with van der Waals surface area (Å²) < 4.78 is 0. The van der Waals surface area contributed by atoms with Crippen LogP contribution in [-0.2, 0) is 11.2 Å². The summed E-state index contributed by atoms with van der Waals surface area (Å²) in [6.07, 6.45) is 1.02. The average Bonchev–Trinajstić information content (AvgIpc) is 2.37. The molecular formula is C14H22N2O. The molecule has 94 valence electrons. The van der Waals surface area contributed by atoms with Gasteiger partial charge < -0.3 is 5.32 Å². The number of hydrogen-bond acceptors (Lipinski definition) is 2. The van der Waals surface area contributed by atoms with Gasteiger partial charge in [0.1, 0.15) is 0 Å². The number of aryl methyl sites for hydroxylation is 1. The van der Waals surface area contributed by atoms with Crippen molar-refractivity contribution in [2.45, 2.75) is 27.2 Å². The van der Waals surface area contributed by atoms with Gasteiger partial charge in [-0.2, -0.15) is 0 Å². The van der Waals surface area contributed by atoms with E-state index in [2.05, 4.69) is 31.0 Å². The number of nitrogens with one attached hydrogen (secondary N) is 1. The number of carbonyl (C=O) groups is 1. The normalized spacial score (nSPS) is 10.6. The van der Waals surface area contributed by atoms with E-state index in [-0.39, 0.29) is 5.91 Å². The summed E-state index contributed by atoms with van der Waals surface area (Å²) in [7, 11) is 0. The molecule has 0 aliphatic heterocycles. The van der Waals surface area contributed by atoms with Crippen molar-refractivity contribution in [2.75, 3.05) is 25.0 Å². The number of rotatable bonds is 6. The van der Waals surface area contributed by atoms with Crippen LogP contribution in [0, 0.1) is 0 Å². The molecule has 0 saturated heterocycles. The van der Waals surface area contributed by atoms with Crippen LogP contribution in [0.1, 0.15) is 26.3 Å². The molecule has 0 saturated carbocycles. The van der Waals surface area contributed by atoms with Crippen molar-refractivity contribution in [3.63, 3.8) is 0 Å². The van der Waals surface area contributed by atoms with Crippen molar-refractivity contribution in [2.24, 2.45) is 0 Å². The topological polar surface area (TPSA) is 32.3 Å². The van der Waals surface area contributed by atoms with Crippen LogP contribution >= 0.6 is 0 Å². The van der Waals surface area contributed by atoms with Gasteiger partial charge in [-0.15, -0.1) is 0 Å². The van der Waals surface area contributed by atoms with E-state index in [0.717, 1.165) is 25.2 Å². The molecule has 0 unspecified atom stereocenters. The van der Waals surface area contributed by atoms with Crippen LogP contribution in [0.4, 0.5) is 5.69 Å². The molecule has 0 radical (unpaired) electrons. The van der Waals surface area contributed by atoms with Crippen LogP contribution < -0.4 is 5.32 Å². The molecule has 1 aromatic rings. The van der Waals surface area contributed by atoms with Gasteiger partial charge in [0, 0.05) is 5.69 Å². The number of likely N-dealkylation sites (N-methyl/N-ethyl adjacent to an activating group) is 1. The maximum atomic E-state index is 11.7. The summed E-state index contributed by atoms with van der Waals surface area (Å²) >= 11 is 0. The van der Waals surface area contributed by atoms with Gasteiger partial charge in [-0.05, 0) is 37.2 Å². The molecule has 0 bridgehead atoms. The highest BCUT2D eigenvalue weighted by Gasteiger charge is 2.07. The highest BCUT2D eigenvalue weighted by Crippen LogP contribution is 2.09. The van der Waals surface area contributed by atoms with E-state index in [0.29, 0.717) is 6.54 Å². The molecule has 0 aromatic heterocycles. The number of carbonyl (C=O) groups excluding carboxylic acids is 1. The van der Waals surface area contributed by atoms with Crippen LogP contribution in [0.5, 0.6) is 0 Å². The second-order valence-corrected chi connectivity index (χ2v) is 4.06. The minimum Gasteiger partial charge on any atom is -0.325 e. The molecule has 0 aliphatic rings. The fourth-order valence-corrected chi connectivity index (χ4v) is 1.67. The Kier molecular flexibility index (Phi) is 5.70. The molecule has 3 nitrogen and oxygen atoms in total. The van der Waals surface area contributed by atoms with E-state index in [1.165, 1.54) is 5.56 Å². The molecule has 0 atom stereocenters. The zero-order chi connectivity index (χ0) is 12.7. The van der Waals surface area contributed by atoms with E-state index in [4.69, 9.17) is 0 Å². The summed E-state index contributed by atoms with van der Waals surface area (Å²) in [6, 6.07) is 8.01. The number of anilines is 1. The van der Waals surface area contributed by atoms with Crippen LogP contribution in [0.2, 0.25) is 0 Å². The van der Waals surface area contributed by atoms with E-state index < -0.39 is 0 Å². The Morgan fingerprint density at radius 1 is 1.12 bits per heavy atom. The van der Waals surface area contributed by atoms with Gasteiger partial charge >= 0.3 is 0 Å². The van der Waals surface area contributed by atoms with Crippen LogP contribution in [0.3, 0.4) is 0 Å². The van der Waals surface area contributed by atoms with Crippen LogP contribution in [0.25, 0.3) is 0 Å². The SMILES string of the molecule is CCc1ccc(NC(=O)CN(CC)CC)cc1. The smallest absolute Gasteiger partial charge is 0.238 e. The van der Waals surface area contributed by atoms with Gasteiger partial charge in [-0.3, -0.25) is 9.69 Å². The van der Waals surface area contributed by atoms with Crippen LogP contribution in [-0.4, -0.2) is 30.4 Å². The van der Waals surface area contributed by atoms with Gasteiger partial charge in [-0.25, -0.2) is 0 Å². The number of nitrogens with zero attached hydrogens (tertiary/aromatic N) is 1. The summed E-state index contributed by atoms with van der Waals surface area (Å²) in [4.78, 5) is 13.8. The molecule has 0 aliphatic carbocycles. The Hall–Kier alpha value is -1.35. The highest BCUT2D eigenvalue weighted by atomic mass is 16.2. The van der Waals surface area contributed by atoms with Gasteiger partial charge in [-0.1, -0.05) is 32.9 Å². The third-order valence-electron chi connectivity index (χ3n) is 2.91. The fraction of sp³-hybridized carbons (Fsp3) is 0.500. The predicted octanol–water partition coefficient (Wildman–Crippen LogP) is 2.53. The lowest BCUT2D eigenvalue weighted by molar-refractivity contribution is -0.117. The Morgan fingerprint density at radius 2 is 1.71 bits per heavy atom. The predicted molar refractivity (Wildman–Crippen MR) is 72.2 cm³/mol. The lowest BCUT2D eigenvalue weighted by atomic mass is 10.1. The van der Waals surface area contributed by atoms with E-state index in [1.807, 2.05) is 24.3 Å². The maximum absolute atomic E-state index is 11.7. The molecule has 17 heavy (non-hydrogen) atoms. The first-order valence-electron chi connectivity index (χ1n) is 6.30. The van der Waals surface area contributed by atoms with Gasteiger partial charge in [0.2, 0.25) is 5.91 Å². The van der Waals surface area contributed by atoms with Crippen molar-refractivity contribution >= 4 is 11.6 Å². The minimum absolute atomic E-state index is 0.0537. The molecule has 0 spiro atoms. The highest BCUT2D eigenvalue weighted by molar-refractivity contribution is 5.92. The Bertz CT molecular complexity index is 342. The van der Waals surface area contributed by atoms with E-state index in [9.17, 15) is 4.79 Å². The lowest BCUT2D eigenvalue weighted by Gasteiger charge is -2.17. The first kappa shape index (κ1) is 13.7. The summed E-state index contributed by atoms with van der Waals surface area (Å²) in [5, 5.41) is 2.91. The van der Waals surface area contributed by atoms with Crippen LogP contribution in [0.15, 0.2) is 24.3 Å². The molecule has 1 N–H and O–H groups in total. The van der Waals surface area contributed by atoms with Crippen molar-refractivity contribution in [3.8, 4) is 0 Å².